The van der Waals surface area contributed by atoms with Crippen LogP contribution in [0, 0.1) is 12.8 Å². The SMILES string of the molecule is Cc1ccc(N2C[C@@H](C(=O)OCC(=O)Nc3sccc3C(N)=O)CC2=O)cc1. The number of anilines is 2. The fraction of sp³-hybridized carbons (Fsp3) is 0.263. The number of nitrogens with zero attached hydrogens (tertiary/aromatic N) is 1. The molecule has 1 atom stereocenters. The van der Waals surface area contributed by atoms with Crippen molar-refractivity contribution in [3.05, 3.63) is 46.8 Å². The number of esters is 1. The Kier molecular flexibility index (Phi) is 5.74. The number of nitrogens with one attached hydrogen (secondary N) is 1. The van der Waals surface area contributed by atoms with Crippen molar-refractivity contribution in [1.82, 2.24) is 0 Å². The van der Waals surface area contributed by atoms with Crippen LogP contribution in [0.15, 0.2) is 35.7 Å². The Morgan fingerprint density at radius 3 is 2.64 bits per heavy atom. The molecular weight excluding hydrogens is 382 g/mol. The number of carbonyl (C=O) groups is 4. The van der Waals surface area contributed by atoms with Gasteiger partial charge in [0.15, 0.2) is 6.61 Å². The van der Waals surface area contributed by atoms with Crippen molar-refractivity contribution in [3.63, 3.8) is 0 Å². The van der Waals surface area contributed by atoms with Crippen LogP contribution in [0.5, 0.6) is 0 Å². The molecular formula is C19H19N3O5S. The molecule has 0 radical (unpaired) electrons. The maximum Gasteiger partial charge on any atom is 0.311 e. The zero-order valence-corrected chi connectivity index (χ0v) is 16.0. The van der Waals surface area contributed by atoms with Gasteiger partial charge in [-0.2, -0.15) is 0 Å². The number of rotatable bonds is 6. The number of thiophene rings is 1. The van der Waals surface area contributed by atoms with Gasteiger partial charge in [-0.1, -0.05) is 17.7 Å². The van der Waals surface area contributed by atoms with Crippen molar-refractivity contribution in [1.29, 1.82) is 0 Å². The van der Waals surface area contributed by atoms with Crippen molar-refractivity contribution in [2.24, 2.45) is 11.7 Å². The lowest BCUT2D eigenvalue weighted by Crippen LogP contribution is -2.28. The van der Waals surface area contributed by atoms with Crippen LogP contribution in [0.2, 0.25) is 0 Å². The van der Waals surface area contributed by atoms with Crippen LogP contribution in [0.1, 0.15) is 22.3 Å². The first kappa shape index (κ1) is 19.6. The van der Waals surface area contributed by atoms with Gasteiger partial charge in [0.1, 0.15) is 5.00 Å². The molecule has 1 aliphatic rings. The van der Waals surface area contributed by atoms with Gasteiger partial charge in [-0.15, -0.1) is 11.3 Å². The van der Waals surface area contributed by atoms with Crippen LogP contribution in [0.4, 0.5) is 10.7 Å². The van der Waals surface area contributed by atoms with Crippen molar-refractivity contribution >= 4 is 45.7 Å². The second-order valence-corrected chi connectivity index (χ2v) is 7.34. The fourth-order valence-corrected chi connectivity index (χ4v) is 3.67. The number of amides is 3. The van der Waals surface area contributed by atoms with E-state index in [1.807, 2.05) is 31.2 Å². The van der Waals surface area contributed by atoms with E-state index in [-0.39, 0.29) is 24.4 Å². The summed E-state index contributed by atoms with van der Waals surface area (Å²) in [5, 5.41) is 4.41. The summed E-state index contributed by atoms with van der Waals surface area (Å²) >= 11 is 1.14. The monoisotopic (exact) mass is 401 g/mol. The van der Waals surface area contributed by atoms with Crippen molar-refractivity contribution < 1.29 is 23.9 Å². The zero-order valence-electron chi connectivity index (χ0n) is 15.1. The molecule has 1 fully saturated rings. The van der Waals surface area contributed by atoms with E-state index in [9.17, 15) is 19.2 Å². The van der Waals surface area contributed by atoms with Gasteiger partial charge >= 0.3 is 5.97 Å². The molecule has 1 saturated heterocycles. The maximum atomic E-state index is 12.3. The van der Waals surface area contributed by atoms with E-state index in [0.29, 0.717) is 5.00 Å². The van der Waals surface area contributed by atoms with Gasteiger partial charge in [0.05, 0.1) is 11.5 Å². The highest BCUT2D eigenvalue weighted by molar-refractivity contribution is 7.14. The Hall–Kier alpha value is -3.20. The lowest BCUT2D eigenvalue weighted by Gasteiger charge is -2.16. The van der Waals surface area contributed by atoms with Crippen LogP contribution in [-0.4, -0.2) is 36.8 Å². The molecule has 3 N–H and O–H groups in total. The summed E-state index contributed by atoms with van der Waals surface area (Å²) in [6.07, 6.45) is 0.0328. The first-order valence-corrected chi connectivity index (χ1v) is 9.44. The molecule has 8 nitrogen and oxygen atoms in total. The largest absolute Gasteiger partial charge is 0.455 e. The number of hydrogen-bond donors (Lipinski definition) is 2. The minimum Gasteiger partial charge on any atom is -0.455 e. The molecule has 28 heavy (non-hydrogen) atoms. The van der Waals surface area contributed by atoms with Crippen molar-refractivity contribution in [2.75, 3.05) is 23.4 Å². The zero-order chi connectivity index (χ0) is 20.3. The average molecular weight is 401 g/mol. The first-order valence-electron chi connectivity index (χ1n) is 8.56. The normalized spacial score (nSPS) is 16.1. The third kappa shape index (κ3) is 4.37. The third-order valence-electron chi connectivity index (χ3n) is 4.33. The summed E-state index contributed by atoms with van der Waals surface area (Å²) in [7, 11) is 0. The van der Waals surface area contributed by atoms with Crippen LogP contribution >= 0.6 is 11.3 Å². The second-order valence-electron chi connectivity index (χ2n) is 6.42. The van der Waals surface area contributed by atoms with Gasteiger partial charge in [0, 0.05) is 18.7 Å². The van der Waals surface area contributed by atoms with Crippen molar-refractivity contribution in [3.8, 4) is 0 Å². The summed E-state index contributed by atoms with van der Waals surface area (Å²) in [4.78, 5) is 49.2. The molecule has 3 rings (SSSR count). The van der Waals surface area contributed by atoms with E-state index in [4.69, 9.17) is 10.5 Å². The first-order chi connectivity index (χ1) is 13.3. The number of hydrogen-bond acceptors (Lipinski definition) is 6. The number of nitrogens with two attached hydrogens (primary N) is 1. The van der Waals surface area contributed by atoms with E-state index in [1.165, 1.54) is 11.0 Å². The second kappa shape index (κ2) is 8.22. The topological polar surface area (TPSA) is 119 Å². The van der Waals surface area contributed by atoms with E-state index >= 15 is 0 Å². The van der Waals surface area contributed by atoms with E-state index < -0.39 is 30.3 Å². The molecule has 146 valence electrons. The number of benzene rings is 1. The summed E-state index contributed by atoms with van der Waals surface area (Å²) in [5.41, 5.74) is 7.20. The highest BCUT2D eigenvalue weighted by Gasteiger charge is 2.36. The quantitative estimate of drug-likeness (QED) is 0.714. The summed E-state index contributed by atoms with van der Waals surface area (Å²) in [6, 6.07) is 8.93. The number of ether oxygens (including phenoxy) is 1. The summed E-state index contributed by atoms with van der Waals surface area (Å²) in [6.45, 7) is 1.65. The highest BCUT2D eigenvalue weighted by atomic mass is 32.1. The highest BCUT2D eigenvalue weighted by Crippen LogP contribution is 2.26. The molecule has 0 aliphatic carbocycles. The Bertz CT molecular complexity index is 922. The minimum absolute atomic E-state index is 0.0328. The lowest BCUT2D eigenvalue weighted by atomic mass is 10.1. The smallest absolute Gasteiger partial charge is 0.311 e. The molecule has 0 unspecified atom stereocenters. The Morgan fingerprint density at radius 1 is 1.25 bits per heavy atom. The molecule has 1 aromatic heterocycles. The molecule has 9 heteroatoms. The Labute approximate surface area is 165 Å². The van der Waals surface area contributed by atoms with Crippen LogP contribution in [0.25, 0.3) is 0 Å². The Balaban J connectivity index is 1.53. The number of carbonyl (C=O) groups excluding carboxylic acids is 4. The molecule has 2 heterocycles. The molecule has 2 aromatic rings. The maximum absolute atomic E-state index is 12.3. The fourth-order valence-electron chi connectivity index (χ4n) is 2.86. The van der Waals surface area contributed by atoms with Gasteiger partial charge in [-0.05, 0) is 30.5 Å². The molecule has 0 bridgehead atoms. The van der Waals surface area contributed by atoms with E-state index in [1.54, 1.807) is 5.38 Å². The summed E-state index contributed by atoms with van der Waals surface area (Å²) in [5.74, 6) is -2.66. The number of aryl methyl sites for hydroxylation is 1. The molecule has 0 spiro atoms. The molecule has 0 saturated carbocycles. The van der Waals surface area contributed by atoms with Gasteiger partial charge in [-0.25, -0.2) is 0 Å². The lowest BCUT2D eigenvalue weighted by molar-refractivity contribution is -0.151. The molecule has 1 aliphatic heterocycles. The molecule has 1 aromatic carbocycles. The predicted molar refractivity (Wildman–Crippen MR) is 104 cm³/mol. The number of primary amides is 1. The van der Waals surface area contributed by atoms with Crippen molar-refractivity contribution in [2.45, 2.75) is 13.3 Å². The van der Waals surface area contributed by atoms with Gasteiger partial charge < -0.3 is 20.7 Å². The third-order valence-corrected chi connectivity index (χ3v) is 5.16. The van der Waals surface area contributed by atoms with Crippen LogP contribution in [0.3, 0.4) is 0 Å². The van der Waals surface area contributed by atoms with E-state index in [2.05, 4.69) is 5.32 Å². The standard InChI is InChI=1S/C19H19N3O5S/c1-11-2-4-13(5-3-11)22-9-12(8-16(22)24)19(26)27-10-15(23)21-18-14(17(20)25)6-7-28-18/h2-7,12H,8-10H2,1H3,(H2,20,25)(H,21,23)/t12-/m0/s1. The van der Waals surface area contributed by atoms with Crippen LogP contribution < -0.4 is 16.0 Å². The minimum atomic E-state index is -0.658. The van der Waals surface area contributed by atoms with E-state index in [0.717, 1.165) is 22.6 Å². The predicted octanol–water partition coefficient (Wildman–Crippen LogP) is 1.69. The summed E-state index contributed by atoms with van der Waals surface area (Å²) < 4.78 is 5.05. The Morgan fingerprint density at radius 2 is 1.96 bits per heavy atom. The molecule has 3 amide bonds. The van der Waals surface area contributed by atoms with Gasteiger partial charge in [0.2, 0.25) is 5.91 Å². The van der Waals surface area contributed by atoms with Gasteiger partial charge in [0.25, 0.3) is 11.8 Å². The van der Waals surface area contributed by atoms with Gasteiger partial charge in [-0.3, -0.25) is 19.2 Å². The average Bonchev–Trinajstić information content (AvgIpc) is 3.27. The van der Waals surface area contributed by atoms with Crippen LogP contribution in [-0.2, 0) is 19.1 Å².